The van der Waals surface area contributed by atoms with Gasteiger partial charge in [0.05, 0.1) is 4.92 Å². The molecule has 1 aliphatic heterocycles. The molecule has 0 bridgehead atoms. The van der Waals surface area contributed by atoms with E-state index in [1.54, 1.807) is 12.1 Å². The second-order valence-electron chi connectivity index (χ2n) is 6.87. The molecule has 2 heterocycles. The van der Waals surface area contributed by atoms with E-state index in [9.17, 15) is 10.1 Å². The monoisotopic (exact) mass is 338 g/mol. The van der Waals surface area contributed by atoms with Gasteiger partial charge in [-0.25, -0.2) is 4.98 Å². The Labute approximate surface area is 147 Å². The minimum absolute atomic E-state index is 0.0419. The number of pyridine rings is 1. The van der Waals surface area contributed by atoms with Gasteiger partial charge in [0.2, 0.25) is 0 Å². The SMILES string of the molecule is O=[N+]([O-])c1ccc(NC2CCN(C3CC3)CC2)nc1-c1ccccc1. The molecule has 0 unspecified atom stereocenters. The topological polar surface area (TPSA) is 71.3 Å². The summed E-state index contributed by atoms with van der Waals surface area (Å²) in [5, 5.41) is 14.8. The van der Waals surface area contributed by atoms with Crippen molar-refractivity contribution in [3.63, 3.8) is 0 Å². The standard InChI is InChI=1S/C19H22N4O2/c24-23(25)17-8-9-18(21-19(17)14-4-2-1-3-5-14)20-15-10-12-22(13-11-15)16-6-7-16/h1-5,8-9,15-16H,6-7,10-13H2,(H,20,21). The van der Waals surface area contributed by atoms with Crippen LogP contribution in [0.2, 0.25) is 0 Å². The quantitative estimate of drug-likeness (QED) is 0.665. The van der Waals surface area contributed by atoms with Gasteiger partial charge in [-0.1, -0.05) is 30.3 Å². The summed E-state index contributed by atoms with van der Waals surface area (Å²) in [4.78, 5) is 18.1. The first kappa shape index (κ1) is 16.0. The molecule has 2 aliphatic rings. The van der Waals surface area contributed by atoms with Crippen molar-refractivity contribution in [3.8, 4) is 11.3 Å². The number of hydrogen-bond donors (Lipinski definition) is 1. The smallest absolute Gasteiger partial charge is 0.295 e. The molecule has 4 rings (SSSR count). The van der Waals surface area contributed by atoms with Crippen LogP contribution in [0.15, 0.2) is 42.5 Å². The van der Waals surface area contributed by atoms with Crippen LogP contribution in [0.25, 0.3) is 11.3 Å². The average Bonchev–Trinajstić information content (AvgIpc) is 3.48. The van der Waals surface area contributed by atoms with Crippen molar-refractivity contribution in [3.05, 3.63) is 52.6 Å². The molecule has 1 saturated carbocycles. The Balaban J connectivity index is 1.51. The summed E-state index contributed by atoms with van der Waals surface area (Å²) in [6, 6.07) is 13.8. The zero-order valence-corrected chi connectivity index (χ0v) is 14.1. The number of piperidine rings is 1. The summed E-state index contributed by atoms with van der Waals surface area (Å²) in [5.74, 6) is 0.717. The van der Waals surface area contributed by atoms with Gasteiger partial charge in [-0.15, -0.1) is 0 Å². The molecule has 6 nitrogen and oxygen atoms in total. The van der Waals surface area contributed by atoms with E-state index in [2.05, 4.69) is 15.2 Å². The van der Waals surface area contributed by atoms with Crippen LogP contribution in [0.1, 0.15) is 25.7 Å². The van der Waals surface area contributed by atoms with Gasteiger partial charge in [-0.2, -0.15) is 0 Å². The van der Waals surface area contributed by atoms with Gasteiger partial charge in [-0.05, 0) is 31.7 Å². The molecule has 0 amide bonds. The molecule has 2 fully saturated rings. The highest BCUT2D eigenvalue weighted by Gasteiger charge is 2.31. The third kappa shape index (κ3) is 3.64. The van der Waals surface area contributed by atoms with E-state index in [0.717, 1.165) is 37.5 Å². The van der Waals surface area contributed by atoms with Crippen LogP contribution < -0.4 is 5.32 Å². The van der Waals surface area contributed by atoms with Crippen LogP contribution in [-0.4, -0.2) is 40.0 Å². The average molecular weight is 338 g/mol. The Hall–Kier alpha value is -2.47. The van der Waals surface area contributed by atoms with E-state index in [4.69, 9.17) is 0 Å². The van der Waals surface area contributed by atoms with Gasteiger partial charge in [0, 0.05) is 36.8 Å². The summed E-state index contributed by atoms with van der Waals surface area (Å²) < 4.78 is 0. The van der Waals surface area contributed by atoms with E-state index in [0.29, 0.717) is 17.6 Å². The third-order valence-electron chi connectivity index (χ3n) is 5.06. The molecule has 1 aromatic heterocycles. The summed E-state index contributed by atoms with van der Waals surface area (Å²) in [5.41, 5.74) is 1.23. The number of nitrogens with one attached hydrogen (secondary N) is 1. The second-order valence-corrected chi connectivity index (χ2v) is 6.87. The molecule has 1 aliphatic carbocycles. The number of aromatic nitrogens is 1. The highest BCUT2D eigenvalue weighted by atomic mass is 16.6. The maximum absolute atomic E-state index is 11.3. The fraction of sp³-hybridized carbons (Fsp3) is 0.421. The van der Waals surface area contributed by atoms with Crippen molar-refractivity contribution in [2.45, 2.75) is 37.8 Å². The molecule has 0 radical (unpaired) electrons. The number of anilines is 1. The van der Waals surface area contributed by atoms with Gasteiger partial charge in [-0.3, -0.25) is 10.1 Å². The van der Waals surface area contributed by atoms with Crippen LogP contribution in [-0.2, 0) is 0 Å². The predicted octanol–water partition coefficient (Wildman–Crippen LogP) is 3.70. The largest absolute Gasteiger partial charge is 0.367 e. The van der Waals surface area contributed by atoms with Crippen molar-refractivity contribution in [2.24, 2.45) is 0 Å². The minimum atomic E-state index is -0.368. The van der Waals surface area contributed by atoms with Crippen molar-refractivity contribution in [1.29, 1.82) is 0 Å². The van der Waals surface area contributed by atoms with Gasteiger partial charge in [0.25, 0.3) is 5.69 Å². The molecule has 2 aromatic rings. The summed E-state index contributed by atoms with van der Waals surface area (Å²) >= 11 is 0. The molecule has 1 N–H and O–H groups in total. The maximum Gasteiger partial charge on any atom is 0.295 e. The van der Waals surface area contributed by atoms with E-state index < -0.39 is 0 Å². The first-order valence-electron chi connectivity index (χ1n) is 8.92. The molecule has 0 atom stereocenters. The van der Waals surface area contributed by atoms with Crippen LogP contribution >= 0.6 is 0 Å². The molecule has 1 aromatic carbocycles. The molecule has 1 saturated heterocycles. The van der Waals surface area contributed by atoms with E-state index in [-0.39, 0.29) is 10.6 Å². The third-order valence-corrected chi connectivity index (χ3v) is 5.06. The molecule has 6 heteroatoms. The summed E-state index contributed by atoms with van der Waals surface area (Å²) in [7, 11) is 0. The van der Waals surface area contributed by atoms with Gasteiger partial charge in [0.15, 0.2) is 5.69 Å². The highest BCUT2D eigenvalue weighted by molar-refractivity contribution is 5.71. The van der Waals surface area contributed by atoms with Crippen LogP contribution in [0.5, 0.6) is 0 Å². The lowest BCUT2D eigenvalue weighted by Crippen LogP contribution is -2.40. The van der Waals surface area contributed by atoms with Crippen LogP contribution in [0, 0.1) is 10.1 Å². The first-order valence-corrected chi connectivity index (χ1v) is 8.92. The Morgan fingerprint density at radius 2 is 1.76 bits per heavy atom. The van der Waals surface area contributed by atoms with E-state index in [1.807, 2.05) is 30.3 Å². The molecule has 25 heavy (non-hydrogen) atoms. The summed E-state index contributed by atoms with van der Waals surface area (Å²) in [6.45, 7) is 2.25. The number of likely N-dealkylation sites (tertiary alicyclic amines) is 1. The highest BCUT2D eigenvalue weighted by Crippen LogP contribution is 2.31. The molecule has 130 valence electrons. The Morgan fingerprint density at radius 1 is 1.04 bits per heavy atom. The van der Waals surface area contributed by atoms with Crippen LogP contribution in [0.4, 0.5) is 11.5 Å². The van der Waals surface area contributed by atoms with Crippen molar-refractivity contribution in [1.82, 2.24) is 9.88 Å². The number of nitro groups is 1. The zero-order chi connectivity index (χ0) is 17.2. The first-order chi connectivity index (χ1) is 12.2. The zero-order valence-electron chi connectivity index (χ0n) is 14.1. The number of hydrogen-bond acceptors (Lipinski definition) is 5. The number of nitrogens with zero attached hydrogens (tertiary/aromatic N) is 3. The fourth-order valence-electron chi connectivity index (χ4n) is 3.55. The number of benzene rings is 1. The molecular weight excluding hydrogens is 316 g/mol. The maximum atomic E-state index is 11.3. The van der Waals surface area contributed by atoms with E-state index in [1.165, 1.54) is 12.8 Å². The van der Waals surface area contributed by atoms with Crippen LogP contribution in [0.3, 0.4) is 0 Å². The van der Waals surface area contributed by atoms with Crippen molar-refractivity contribution in [2.75, 3.05) is 18.4 Å². The number of rotatable bonds is 5. The lowest BCUT2D eigenvalue weighted by Gasteiger charge is -2.32. The lowest BCUT2D eigenvalue weighted by molar-refractivity contribution is -0.384. The minimum Gasteiger partial charge on any atom is -0.367 e. The second kappa shape index (κ2) is 6.80. The lowest BCUT2D eigenvalue weighted by atomic mass is 10.0. The molecule has 0 spiro atoms. The fourth-order valence-corrected chi connectivity index (χ4v) is 3.55. The van der Waals surface area contributed by atoms with E-state index >= 15 is 0 Å². The Bertz CT molecular complexity index is 753. The Kier molecular flexibility index (Phi) is 4.36. The molecular formula is C19H22N4O2. The normalized spacial score (nSPS) is 18.9. The predicted molar refractivity (Wildman–Crippen MR) is 97.6 cm³/mol. The van der Waals surface area contributed by atoms with Gasteiger partial charge < -0.3 is 10.2 Å². The summed E-state index contributed by atoms with van der Waals surface area (Å²) in [6.07, 6.45) is 4.89. The van der Waals surface area contributed by atoms with Gasteiger partial charge >= 0.3 is 0 Å². The van der Waals surface area contributed by atoms with Gasteiger partial charge in [0.1, 0.15) is 5.82 Å². The van der Waals surface area contributed by atoms with Crippen molar-refractivity contribution >= 4 is 11.5 Å². The van der Waals surface area contributed by atoms with Crippen molar-refractivity contribution < 1.29 is 4.92 Å². The Morgan fingerprint density at radius 3 is 2.40 bits per heavy atom.